The molecule has 1 rings (SSSR count). The zero-order valence-corrected chi connectivity index (χ0v) is 12.8. The summed E-state index contributed by atoms with van der Waals surface area (Å²) in [6, 6.07) is 5.68. The summed E-state index contributed by atoms with van der Waals surface area (Å²) >= 11 is 3.39. The maximum atomic E-state index is 12.5. The van der Waals surface area contributed by atoms with Crippen LogP contribution in [0.15, 0.2) is 18.2 Å². The maximum Gasteiger partial charge on any atom is 0.257 e. The number of benzene rings is 1. The minimum absolute atomic E-state index is 0.0388. The predicted octanol–water partition coefficient (Wildman–Crippen LogP) is 3.25. The fourth-order valence-corrected chi connectivity index (χ4v) is 2.27. The van der Waals surface area contributed by atoms with Gasteiger partial charge >= 0.3 is 0 Å². The fraction of sp³-hybridized carbons (Fsp3) is 0.500. The summed E-state index contributed by atoms with van der Waals surface area (Å²) in [4.78, 5) is 14.3. The third-order valence-electron chi connectivity index (χ3n) is 2.72. The van der Waals surface area contributed by atoms with Gasteiger partial charge in [-0.05, 0) is 25.5 Å². The van der Waals surface area contributed by atoms with E-state index in [0.29, 0.717) is 17.9 Å². The van der Waals surface area contributed by atoms with Crippen LogP contribution in [0.5, 0.6) is 5.75 Å². The Kier molecular flexibility index (Phi) is 6.19. The van der Waals surface area contributed by atoms with Crippen LogP contribution in [0.1, 0.15) is 29.3 Å². The van der Waals surface area contributed by atoms with E-state index < -0.39 is 0 Å². The second kappa shape index (κ2) is 7.41. The van der Waals surface area contributed by atoms with Gasteiger partial charge < -0.3 is 9.64 Å². The maximum absolute atomic E-state index is 12.5. The number of aryl methyl sites for hydroxylation is 1. The molecule has 0 saturated heterocycles. The van der Waals surface area contributed by atoms with E-state index in [2.05, 4.69) is 22.9 Å². The molecule has 100 valence electrons. The van der Waals surface area contributed by atoms with Crippen molar-refractivity contribution >= 4 is 21.8 Å². The number of rotatable bonds is 6. The van der Waals surface area contributed by atoms with Gasteiger partial charge in [0.1, 0.15) is 5.75 Å². The number of carbonyl (C=O) groups is 1. The van der Waals surface area contributed by atoms with Gasteiger partial charge in [-0.1, -0.05) is 34.5 Å². The third-order valence-corrected chi connectivity index (χ3v) is 3.08. The van der Waals surface area contributed by atoms with Crippen LogP contribution in [0, 0.1) is 6.92 Å². The molecule has 0 unspecified atom stereocenters. The number of nitrogens with zero attached hydrogens (tertiary/aromatic N) is 1. The number of methoxy groups -OCH3 is 1. The van der Waals surface area contributed by atoms with Gasteiger partial charge in [0.25, 0.3) is 5.91 Å². The van der Waals surface area contributed by atoms with E-state index in [1.165, 1.54) is 0 Å². The molecule has 0 aliphatic rings. The molecule has 0 saturated carbocycles. The highest BCUT2D eigenvalue weighted by atomic mass is 79.9. The second-order valence-corrected chi connectivity index (χ2v) is 4.98. The average molecular weight is 314 g/mol. The highest BCUT2D eigenvalue weighted by molar-refractivity contribution is 9.09. The SMILES string of the molecule is CCCN(CCBr)C(=O)c1cc(C)ccc1OC. The van der Waals surface area contributed by atoms with Gasteiger partial charge in [-0.3, -0.25) is 4.79 Å². The summed E-state index contributed by atoms with van der Waals surface area (Å²) < 4.78 is 5.27. The number of hydrogen-bond acceptors (Lipinski definition) is 2. The molecule has 1 amide bonds. The van der Waals surface area contributed by atoms with E-state index in [-0.39, 0.29) is 5.91 Å². The quantitative estimate of drug-likeness (QED) is 0.754. The minimum Gasteiger partial charge on any atom is -0.496 e. The minimum atomic E-state index is 0.0388. The Morgan fingerprint density at radius 1 is 1.39 bits per heavy atom. The summed E-state index contributed by atoms with van der Waals surface area (Å²) in [6.45, 7) is 5.53. The Bertz CT molecular complexity index is 401. The molecule has 0 bridgehead atoms. The Balaban J connectivity index is 3.02. The fourth-order valence-electron chi connectivity index (χ4n) is 1.85. The standard InChI is InChI=1S/C14H20BrNO2/c1-4-8-16(9-7-15)14(17)12-10-11(2)5-6-13(12)18-3/h5-6,10H,4,7-9H2,1-3H3. The number of halogens is 1. The number of amides is 1. The van der Waals surface area contributed by atoms with Gasteiger partial charge in [-0.25, -0.2) is 0 Å². The lowest BCUT2D eigenvalue weighted by Gasteiger charge is -2.22. The predicted molar refractivity (Wildman–Crippen MR) is 77.7 cm³/mol. The van der Waals surface area contributed by atoms with Crippen molar-refractivity contribution in [2.24, 2.45) is 0 Å². The molecule has 0 N–H and O–H groups in total. The van der Waals surface area contributed by atoms with E-state index in [0.717, 1.165) is 23.9 Å². The van der Waals surface area contributed by atoms with E-state index in [1.54, 1.807) is 7.11 Å². The van der Waals surface area contributed by atoms with E-state index >= 15 is 0 Å². The highest BCUT2D eigenvalue weighted by Gasteiger charge is 2.18. The van der Waals surface area contributed by atoms with E-state index in [4.69, 9.17) is 4.74 Å². The zero-order chi connectivity index (χ0) is 13.5. The van der Waals surface area contributed by atoms with Crippen LogP contribution in [-0.4, -0.2) is 36.3 Å². The van der Waals surface area contributed by atoms with Crippen molar-refractivity contribution in [1.29, 1.82) is 0 Å². The summed E-state index contributed by atoms with van der Waals surface area (Å²) in [5.74, 6) is 0.679. The van der Waals surface area contributed by atoms with Crippen molar-refractivity contribution in [3.63, 3.8) is 0 Å². The summed E-state index contributed by atoms with van der Waals surface area (Å²) in [5.41, 5.74) is 1.71. The van der Waals surface area contributed by atoms with Gasteiger partial charge in [-0.2, -0.15) is 0 Å². The molecule has 0 aromatic heterocycles. The summed E-state index contributed by atoms with van der Waals surface area (Å²) in [7, 11) is 1.59. The first kappa shape index (κ1) is 15.0. The molecule has 0 radical (unpaired) electrons. The molecule has 1 aromatic carbocycles. The van der Waals surface area contributed by atoms with Gasteiger partial charge in [0.2, 0.25) is 0 Å². The van der Waals surface area contributed by atoms with Crippen LogP contribution in [0.4, 0.5) is 0 Å². The van der Waals surface area contributed by atoms with Crippen molar-refractivity contribution in [2.45, 2.75) is 20.3 Å². The lowest BCUT2D eigenvalue weighted by atomic mass is 10.1. The van der Waals surface area contributed by atoms with Crippen LogP contribution < -0.4 is 4.74 Å². The largest absolute Gasteiger partial charge is 0.496 e. The van der Waals surface area contributed by atoms with E-state index in [9.17, 15) is 4.79 Å². The van der Waals surface area contributed by atoms with Crippen molar-refractivity contribution in [1.82, 2.24) is 4.90 Å². The molecular weight excluding hydrogens is 294 g/mol. The lowest BCUT2D eigenvalue weighted by Crippen LogP contribution is -2.33. The Hall–Kier alpha value is -1.03. The van der Waals surface area contributed by atoms with Crippen LogP contribution in [-0.2, 0) is 0 Å². The zero-order valence-electron chi connectivity index (χ0n) is 11.2. The van der Waals surface area contributed by atoms with Gasteiger partial charge in [-0.15, -0.1) is 0 Å². The second-order valence-electron chi connectivity index (χ2n) is 4.18. The molecule has 0 heterocycles. The average Bonchev–Trinajstić information content (AvgIpc) is 2.37. The number of ether oxygens (including phenoxy) is 1. The molecular formula is C14H20BrNO2. The Morgan fingerprint density at radius 2 is 2.11 bits per heavy atom. The van der Waals surface area contributed by atoms with Crippen LogP contribution in [0.3, 0.4) is 0 Å². The third kappa shape index (κ3) is 3.73. The molecule has 1 aromatic rings. The monoisotopic (exact) mass is 313 g/mol. The molecule has 0 aliphatic heterocycles. The topological polar surface area (TPSA) is 29.5 Å². The van der Waals surface area contributed by atoms with Crippen molar-refractivity contribution < 1.29 is 9.53 Å². The molecule has 18 heavy (non-hydrogen) atoms. The smallest absolute Gasteiger partial charge is 0.257 e. The molecule has 0 atom stereocenters. The Morgan fingerprint density at radius 3 is 2.67 bits per heavy atom. The highest BCUT2D eigenvalue weighted by Crippen LogP contribution is 2.21. The first-order valence-electron chi connectivity index (χ1n) is 6.13. The van der Waals surface area contributed by atoms with Crippen molar-refractivity contribution in [2.75, 3.05) is 25.5 Å². The number of hydrogen-bond donors (Lipinski definition) is 0. The van der Waals surface area contributed by atoms with E-state index in [1.807, 2.05) is 30.0 Å². The lowest BCUT2D eigenvalue weighted by molar-refractivity contribution is 0.0763. The van der Waals surface area contributed by atoms with Gasteiger partial charge in [0.05, 0.1) is 12.7 Å². The number of alkyl halides is 1. The van der Waals surface area contributed by atoms with Gasteiger partial charge in [0, 0.05) is 18.4 Å². The van der Waals surface area contributed by atoms with Crippen LogP contribution in [0.25, 0.3) is 0 Å². The molecule has 0 spiro atoms. The normalized spacial score (nSPS) is 10.2. The van der Waals surface area contributed by atoms with Crippen molar-refractivity contribution in [3.05, 3.63) is 29.3 Å². The van der Waals surface area contributed by atoms with Crippen LogP contribution in [0.2, 0.25) is 0 Å². The molecule has 3 nitrogen and oxygen atoms in total. The van der Waals surface area contributed by atoms with Gasteiger partial charge in [0.15, 0.2) is 0 Å². The Labute approximate surface area is 117 Å². The number of carbonyl (C=O) groups excluding carboxylic acids is 1. The van der Waals surface area contributed by atoms with Crippen molar-refractivity contribution in [3.8, 4) is 5.75 Å². The summed E-state index contributed by atoms with van der Waals surface area (Å²) in [5, 5.41) is 0.785. The van der Waals surface area contributed by atoms with Crippen LogP contribution >= 0.6 is 15.9 Å². The molecule has 0 aliphatic carbocycles. The first-order chi connectivity index (χ1) is 8.63. The molecule has 4 heteroatoms. The summed E-state index contributed by atoms with van der Waals surface area (Å²) in [6.07, 6.45) is 0.951. The molecule has 0 fully saturated rings. The first-order valence-corrected chi connectivity index (χ1v) is 7.26.